The Labute approximate surface area is 109 Å². The Balaban J connectivity index is 2.94. The summed E-state index contributed by atoms with van der Waals surface area (Å²) in [5.41, 5.74) is 6.37. The lowest BCUT2D eigenvalue weighted by molar-refractivity contribution is 0.382. The van der Waals surface area contributed by atoms with Crippen LogP contribution >= 0.6 is 0 Å². The van der Waals surface area contributed by atoms with Gasteiger partial charge in [-0.2, -0.15) is 0 Å². The maximum Gasteiger partial charge on any atom is 0.238 e. The van der Waals surface area contributed by atoms with Gasteiger partial charge < -0.3 is 11.1 Å². The Hall–Kier alpha value is -1.11. The second-order valence-corrected chi connectivity index (χ2v) is 6.53. The lowest BCUT2D eigenvalue weighted by Crippen LogP contribution is -2.47. The van der Waals surface area contributed by atoms with Crippen molar-refractivity contribution in [3.63, 3.8) is 0 Å². The fourth-order valence-corrected chi connectivity index (χ4v) is 2.00. The quantitative estimate of drug-likeness (QED) is 0.747. The number of nitrogens with one attached hydrogen (secondary N) is 1. The van der Waals surface area contributed by atoms with Crippen molar-refractivity contribution in [2.45, 2.75) is 31.2 Å². The first-order valence-electron chi connectivity index (χ1n) is 5.80. The molecule has 102 valence electrons. The molecular weight excluding hydrogens is 250 g/mol. The van der Waals surface area contributed by atoms with Gasteiger partial charge in [0.25, 0.3) is 0 Å². The Morgan fingerprint density at radius 3 is 2.11 bits per heavy atom. The van der Waals surface area contributed by atoms with E-state index in [1.54, 1.807) is 12.1 Å². The molecule has 5 nitrogen and oxygen atoms in total. The van der Waals surface area contributed by atoms with E-state index < -0.39 is 10.0 Å². The van der Waals surface area contributed by atoms with Gasteiger partial charge in [-0.1, -0.05) is 13.8 Å². The van der Waals surface area contributed by atoms with Crippen molar-refractivity contribution in [2.75, 3.05) is 11.9 Å². The molecule has 18 heavy (non-hydrogen) atoms. The molecule has 0 bridgehead atoms. The highest BCUT2D eigenvalue weighted by Gasteiger charge is 2.26. The van der Waals surface area contributed by atoms with Gasteiger partial charge in [0, 0.05) is 17.8 Å². The summed E-state index contributed by atoms with van der Waals surface area (Å²) in [6.45, 7) is 6.68. The molecule has 0 radical (unpaired) electrons. The first-order valence-corrected chi connectivity index (χ1v) is 7.35. The molecule has 1 atom stereocenters. The predicted octanol–water partition coefficient (Wildman–Crippen LogP) is 1.12. The van der Waals surface area contributed by atoms with Crippen LogP contribution in [0.3, 0.4) is 0 Å². The average Bonchev–Trinajstić information content (AvgIpc) is 2.28. The Kier molecular flexibility index (Phi) is 4.37. The van der Waals surface area contributed by atoms with Gasteiger partial charge in [-0.15, -0.1) is 0 Å². The van der Waals surface area contributed by atoms with Crippen molar-refractivity contribution in [1.82, 2.24) is 0 Å². The molecule has 5 N–H and O–H groups in total. The molecule has 0 saturated carbocycles. The maximum absolute atomic E-state index is 11.1. The monoisotopic (exact) mass is 271 g/mol. The predicted molar refractivity (Wildman–Crippen MR) is 73.7 cm³/mol. The number of rotatable bonds is 5. The Bertz CT molecular complexity index is 497. The number of primary sulfonamides is 1. The van der Waals surface area contributed by atoms with Crippen LogP contribution in [0.2, 0.25) is 0 Å². The number of hydrogen-bond donors (Lipinski definition) is 3. The van der Waals surface area contributed by atoms with Crippen LogP contribution < -0.4 is 16.2 Å². The third kappa shape index (κ3) is 3.44. The SMILES string of the molecule is CC(C)C(C)(CN)Nc1ccc(S(N)(=O)=O)cc1. The molecule has 0 heterocycles. The first kappa shape index (κ1) is 14.9. The normalized spacial score (nSPS) is 15.4. The van der Waals surface area contributed by atoms with Crippen LogP contribution in [0.25, 0.3) is 0 Å². The molecule has 1 unspecified atom stereocenters. The molecule has 0 aliphatic rings. The lowest BCUT2D eigenvalue weighted by atomic mass is 9.88. The summed E-state index contributed by atoms with van der Waals surface area (Å²) >= 11 is 0. The summed E-state index contributed by atoms with van der Waals surface area (Å²) in [6, 6.07) is 6.34. The van der Waals surface area contributed by atoms with Crippen molar-refractivity contribution in [3.8, 4) is 0 Å². The van der Waals surface area contributed by atoms with Gasteiger partial charge >= 0.3 is 0 Å². The number of nitrogens with two attached hydrogens (primary N) is 2. The zero-order chi connectivity index (χ0) is 14.0. The maximum atomic E-state index is 11.1. The van der Waals surface area contributed by atoms with Gasteiger partial charge in [0.2, 0.25) is 10.0 Å². The molecule has 0 aromatic heterocycles. The molecule has 0 amide bonds. The molecule has 0 aliphatic heterocycles. The van der Waals surface area contributed by atoms with E-state index in [9.17, 15) is 8.42 Å². The highest BCUT2D eigenvalue weighted by atomic mass is 32.2. The molecule has 1 aromatic carbocycles. The zero-order valence-corrected chi connectivity index (χ0v) is 11.8. The number of sulfonamides is 1. The fourth-order valence-electron chi connectivity index (χ4n) is 1.49. The second kappa shape index (κ2) is 5.26. The molecule has 1 rings (SSSR count). The standard InChI is InChI=1S/C12H21N3O2S/c1-9(2)12(3,8-13)15-10-4-6-11(7-5-10)18(14,16)17/h4-7,9,15H,8,13H2,1-3H3,(H2,14,16,17). The van der Waals surface area contributed by atoms with Gasteiger partial charge in [-0.25, -0.2) is 13.6 Å². The van der Waals surface area contributed by atoms with Crippen LogP contribution in [0.15, 0.2) is 29.2 Å². The number of hydrogen-bond acceptors (Lipinski definition) is 4. The summed E-state index contributed by atoms with van der Waals surface area (Å²) in [7, 11) is -3.64. The Morgan fingerprint density at radius 2 is 1.78 bits per heavy atom. The largest absolute Gasteiger partial charge is 0.378 e. The summed E-state index contributed by atoms with van der Waals surface area (Å²) in [4.78, 5) is 0.104. The number of benzene rings is 1. The van der Waals surface area contributed by atoms with Crippen molar-refractivity contribution >= 4 is 15.7 Å². The van der Waals surface area contributed by atoms with E-state index in [-0.39, 0.29) is 10.4 Å². The van der Waals surface area contributed by atoms with E-state index in [0.717, 1.165) is 5.69 Å². The molecular formula is C12H21N3O2S. The van der Waals surface area contributed by atoms with Crippen molar-refractivity contribution in [1.29, 1.82) is 0 Å². The first-order chi connectivity index (χ1) is 8.19. The van der Waals surface area contributed by atoms with E-state index in [1.807, 2.05) is 6.92 Å². The third-order valence-electron chi connectivity index (χ3n) is 3.31. The van der Waals surface area contributed by atoms with Gasteiger partial charge in [0.15, 0.2) is 0 Å². The van der Waals surface area contributed by atoms with Crippen LogP contribution in [-0.2, 0) is 10.0 Å². The van der Waals surface area contributed by atoms with Crippen LogP contribution in [0.4, 0.5) is 5.69 Å². The highest BCUT2D eigenvalue weighted by molar-refractivity contribution is 7.89. The van der Waals surface area contributed by atoms with Crippen LogP contribution in [0.1, 0.15) is 20.8 Å². The van der Waals surface area contributed by atoms with Crippen molar-refractivity contribution in [3.05, 3.63) is 24.3 Å². The molecule has 0 spiro atoms. The van der Waals surface area contributed by atoms with E-state index >= 15 is 0 Å². The van der Waals surface area contributed by atoms with E-state index in [4.69, 9.17) is 10.9 Å². The summed E-state index contributed by atoms with van der Waals surface area (Å²) in [5.74, 6) is 0.348. The molecule has 6 heteroatoms. The van der Waals surface area contributed by atoms with Crippen molar-refractivity contribution in [2.24, 2.45) is 16.8 Å². The fraction of sp³-hybridized carbons (Fsp3) is 0.500. The topological polar surface area (TPSA) is 98.2 Å². The second-order valence-electron chi connectivity index (χ2n) is 4.97. The molecule has 0 aliphatic carbocycles. The average molecular weight is 271 g/mol. The lowest BCUT2D eigenvalue weighted by Gasteiger charge is -2.34. The zero-order valence-electron chi connectivity index (χ0n) is 11.0. The minimum atomic E-state index is -3.64. The smallest absolute Gasteiger partial charge is 0.238 e. The highest BCUT2D eigenvalue weighted by Crippen LogP contribution is 2.22. The van der Waals surface area contributed by atoms with E-state index in [0.29, 0.717) is 12.5 Å². The Morgan fingerprint density at radius 1 is 1.28 bits per heavy atom. The van der Waals surface area contributed by atoms with Crippen LogP contribution in [-0.4, -0.2) is 20.5 Å². The minimum Gasteiger partial charge on any atom is -0.378 e. The van der Waals surface area contributed by atoms with Gasteiger partial charge in [0.1, 0.15) is 0 Å². The van der Waals surface area contributed by atoms with Crippen LogP contribution in [0, 0.1) is 5.92 Å². The molecule has 0 saturated heterocycles. The molecule has 0 fully saturated rings. The summed E-state index contributed by atoms with van der Waals surface area (Å²) < 4.78 is 22.3. The van der Waals surface area contributed by atoms with Gasteiger partial charge in [-0.3, -0.25) is 0 Å². The summed E-state index contributed by atoms with van der Waals surface area (Å²) in [5, 5.41) is 8.36. The third-order valence-corrected chi connectivity index (χ3v) is 4.24. The molecule has 1 aromatic rings. The van der Waals surface area contributed by atoms with Crippen LogP contribution in [0.5, 0.6) is 0 Å². The minimum absolute atomic E-state index is 0.104. The van der Waals surface area contributed by atoms with Gasteiger partial charge in [-0.05, 0) is 37.1 Å². The summed E-state index contributed by atoms with van der Waals surface area (Å²) in [6.07, 6.45) is 0. The van der Waals surface area contributed by atoms with E-state index in [1.165, 1.54) is 12.1 Å². The number of anilines is 1. The van der Waals surface area contributed by atoms with Gasteiger partial charge in [0.05, 0.1) is 4.90 Å². The van der Waals surface area contributed by atoms with E-state index in [2.05, 4.69) is 19.2 Å². The van der Waals surface area contributed by atoms with Crippen molar-refractivity contribution < 1.29 is 8.42 Å².